The van der Waals surface area contributed by atoms with E-state index in [1.54, 1.807) is 20.3 Å². The highest BCUT2D eigenvalue weighted by molar-refractivity contribution is 7.92. The number of aromatic hydroxyl groups is 1. The maximum atomic E-state index is 11.6. The van der Waals surface area contributed by atoms with Gasteiger partial charge < -0.3 is 25.0 Å². The van der Waals surface area contributed by atoms with Crippen LogP contribution in [0.5, 0.6) is 17.2 Å². The Morgan fingerprint density at radius 3 is 2.31 bits per heavy atom. The summed E-state index contributed by atoms with van der Waals surface area (Å²) in [4.78, 5) is 0. The molecule has 3 aromatic carbocycles. The van der Waals surface area contributed by atoms with Gasteiger partial charge in [0.1, 0.15) is 5.75 Å². The molecule has 0 amide bonds. The van der Waals surface area contributed by atoms with Crippen LogP contribution >= 0.6 is 0 Å². The van der Waals surface area contributed by atoms with Gasteiger partial charge in [0.15, 0.2) is 11.5 Å². The zero-order valence-corrected chi connectivity index (χ0v) is 21.8. The number of benzene rings is 3. The number of phenols is 1. The highest BCUT2D eigenvalue weighted by Crippen LogP contribution is 2.31. The molecule has 2 unspecified atom stereocenters. The molecule has 8 nitrogen and oxygen atoms in total. The second-order valence-corrected chi connectivity index (χ2v) is 10.6. The molecule has 3 rings (SSSR count). The van der Waals surface area contributed by atoms with Crippen LogP contribution in [0, 0.1) is 6.92 Å². The van der Waals surface area contributed by atoms with Crippen LogP contribution in [0.3, 0.4) is 0 Å². The lowest BCUT2D eigenvalue weighted by Gasteiger charge is -2.23. The second-order valence-electron chi connectivity index (χ2n) is 8.85. The van der Waals surface area contributed by atoms with Crippen molar-refractivity contribution in [2.24, 2.45) is 0 Å². The average Bonchev–Trinajstić information content (AvgIpc) is 2.82. The molecule has 0 saturated carbocycles. The first-order valence-corrected chi connectivity index (χ1v) is 13.5. The second kappa shape index (κ2) is 12.1. The van der Waals surface area contributed by atoms with Crippen LogP contribution < -0.4 is 19.5 Å². The van der Waals surface area contributed by atoms with Crippen LogP contribution in [-0.2, 0) is 22.9 Å². The van der Waals surface area contributed by atoms with E-state index in [1.807, 2.05) is 24.3 Å². The van der Waals surface area contributed by atoms with Crippen LogP contribution in [0.2, 0.25) is 0 Å². The minimum absolute atomic E-state index is 0.0813. The Balaban J connectivity index is 1.76. The van der Waals surface area contributed by atoms with E-state index < -0.39 is 16.1 Å². The molecular weight excluding hydrogens is 480 g/mol. The molecule has 0 aliphatic carbocycles. The average molecular weight is 515 g/mol. The number of ether oxygens (including phenoxy) is 2. The molecule has 3 aromatic rings. The van der Waals surface area contributed by atoms with E-state index in [9.17, 15) is 18.6 Å². The summed E-state index contributed by atoms with van der Waals surface area (Å²) < 4.78 is 36.3. The lowest BCUT2D eigenvalue weighted by molar-refractivity contribution is 0.167. The predicted molar refractivity (Wildman–Crippen MR) is 141 cm³/mol. The van der Waals surface area contributed by atoms with Crippen molar-refractivity contribution in [1.29, 1.82) is 0 Å². The standard InChI is InChI=1S/C27H34N2O6S/c1-18-6-5-7-19(12-18)14-23(21-9-11-26(34-2)27(16-21)35-3)28-17-22(30)13-20-8-10-25(31)24(15-20)29-36(4,32)33/h5-12,15-16,22-23,28-31H,13-14,17H2,1-4H3. The molecule has 36 heavy (non-hydrogen) atoms. The summed E-state index contributed by atoms with van der Waals surface area (Å²) in [5.41, 5.74) is 4.09. The number of hydrogen-bond donors (Lipinski definition) is 4. The summed E-state index contributed by atoms with van der Waals surface area (Å²) in [7, 11) is -0.355. The molecule has 9 heteroatoms. The summed E-state index contributed by atoms with van der Waals surface area (Å²) >= 11 is 0. The van der Waals surface area contributed by atoms with Crippen LogP contribution in [-0.4, -0.2) is 51.8 Å². The third-order valence-electron chi connectivity index (χ3n) is 5.76. The minimum atomic E-state index is -3.54. The van der Waals surface area contributed by atoms with E-state index in [1.165, 1.54) is 17.7 Å². The third kappa shape index (κ3) is 7.87. The van der Waals surface area contributed by atoms with Crippen molar-refractivity contribution in [2.75, 3.05) is 31.7 Å². The highest BCUT2D eigenvalue weighted by Gasteiger charge is 2.18. The molecule has 194 valence electrons. The molecule has 0 heterocycles. The van der Waals surface area contributed by atoms with Crippen molar-refractivity contribution in [3.8, 4) is 17.2 Å². The number of rotatable bonds is 12. The first-order chi connectivity index (χ1) is 17.1. The Morgan fingerprint density at radius 1 is 0.917 bits per heavy atom. The smallest absolute Gasteiger partial charge is 0.229 e. The third-order valence-corrected chi connectivity index (χ3v) is 6.35. The predicted octanol–water partition coefficient (Wildman–Crippen LogP) is 3.57. The van der Waals surface area contributed by atoms with Crippen molar-refractivity contribution in [3.05, 3.63) is 82.9 Å². The molecule has 0 fully saturated rings. The van der Waals surface area contributed by atoms with Crippen LogP contribution in [0.4, 0.5) is 5.69 Å². The number of methoxy groups -OCH3 is 2. The summed E-state index contributed by atoms with van der Waals surface area (Å²) in [5, 5.41) is 24.2. The molecule has 4 N–H and O–H groups in total. The van der Waals surface area contributed by atoms with Crippen molar-refractivity contribution >= 4 is 15.7 Å². The quantitative estimate of drug-likeness (QED) is 0.273. The van der Waals surface area contributed by atoms with E-state index >= 15 is 0 Å². The van der Waals surface area contributed by atoms with Gasteiger partial charge in [-0.15, -0.1) is 0 Å². The SMILES string of the molecule is COc1ccc(C(Cc2cccc(C)c2)NCC(O)Cc2ccc(O)c(NS(C)(=O)=O)c2)cc1OC. The van der Waals surface area contributed by atoms with Gasteiger partial charge in [-0.05, 0) is 60.7 Å². The summed E-state index contributed by atoms with van der Waals surface area (Å²) in [6.45, 7) is 2.34. The van der Waals surface area contributed by atoms with Gasteiger partial charge in [0, 0.05) is 12.6 Å². The normalized spacial score (nSPS) is 13.1. The summed E-state index contributed by atoms with van der Waals surface area (Å²) in [6.07, 6.45) is 1.24. The van der Waals surface area contributed by atoms with Crippen molar-refractivity contribution in [3.63, 3.8) is 0 Å². The Hall–Kier alpha value is -3.27. The van der Waals surface area contributed by atoms with E-state index in [-0.39, 0.29) is 23.9 Å². The largest absolute Gasteiger partial charge is 0.506 e. The number of aliphatic hydroxyl groups is 1. The van der Waals surface area contributed by atoms with E-state index in [2.05, 4.69) is 35.2 Å². The van der Waals surface area contributed by atoms with Crippen molar-refractivity contribution < 1.29 is 28.1 Å². The van der Waals surface area contributed by atoms with Crippen molar-refractivity contribution in [2.45, 2.75) is 31.9 Å². The van der Waals surface area contributed by atoms with E-state index in [4.69, 9.17) is 9.47 Å². The van der Waals surface area contributed by atoms with Crippen LogP contribution in [0.25, 0.3) is 0 Å². The Kier molecular flexibility index (Phi) is 9.19. The maximum absolute atomic E-state index is 11.6. The minimum Gasteiger partial charge on any atom is -0.506 e. The van der Waals surface area contributed by atoms with Crippen molar-refractivity contribution in [1.82, 2.24) is 5.32 Å². The van der Waals surface area contributed by atoms with Gasteiger partial charge in [-0.3, -0.25) is 4.72 Å². The Labute approximate surface area is 213 Å². The molecule has 0 aliphatic heterocycles. The lowest BCUT2D eigenvalue weighted by atomic mass is 9.97. The van der Waals surface area contributed by atoms with Gasteiger partial charge in [0.05, 0.1) is 32.3 Å². The van der Waals surface area contributed by atoms with E-state index in [0.717, 1.165) is 17.4 Å². The fourth-order valence-electron chi connectivity index (χ4n) is 4.07. The van der Waals surface area contributed by atoms with Crippen LogP contribution in [0.15, 0.2) is 60.7 Å². The maximum Gasteiger partial charge on any atom is 0.229 e. The highest BCUT2D eigenvalue weighted by atomic mass is 32.2. The molecular formula is C27H34N2O6S. The number of aliphatic hydroxyl groups excluding tert-OH is 1. The Bertz CT molecular complexity index is 1280. The number of nitrogens with one attached hydrogen (secondary N) is 2. The zero-order chi connectivity index (χ0) is 26.3. The number of sulfonamides is 1. The summed E-state index contributed by atoms with van der Waals surface area (Å²) in [5.74, 6) is 1.09. The molecule has 0 radical (unpaired) electrons. The summed E-state index contributed by atoms with van der Waals surface area (Å²) in [6, 6.07) is 18.5. The lowest BCUT2D eigenvalue weighted by Crippen LogP contribution is -2.32. The van der Waals surface area contributed by atoms with Gasteiger partial charge in [0.2, 0.25) is 10.0 Å². The first kappa shape index (κ1) is 27.3. The molecule has 0 spiro atoms. The number of hydrogen-bond acceptors (Lipinski definition) is 7. The van der Waals surface area contributed by atoms with Gasteiger partial charge in [0.25, 0.3) is 0 Å². The molecule has 0 saturated heterocycles. The molecule has 0 bridgehead atoms. The van der Waals surface area contributed by atoms with Gasteiger partial charge in [-0.25, -0.2) is 8.42 Å². The van der Waals surface area contributed by atoms with Gasteiger partial charge in [-0.1, -0.05) is 42.0 Å². The first-order valence-electron chi connectivity index (χ1n) is 11.6. The molecule has 0 aromatic heterocycles. The number of aryl methyl sites for hydroxylation is 1. The molecule has 0 aliphatic rings. The van der Waals surface area contributed by atoms with Gasteiger partial charge >= 0.3 is 0 Å². The monoisotopic (exact) mass is 514 g/mol. The zero-order valence-electron chi connectivity index (χ0n) is 21.0. The topological polar surface area (TPSA) is 117 Å². The number of anilines is 1. The molecule has 2 atom stereocenters. The fraction of sp³-hybridized carbons (Fsp3) is 0.333. The van der Waals surface area contributed by atoms with Gasteiger partial charge in [-0.2, -0.15) is 0 Å². The Morgan fingerprint density at radius 2 is 1.64 bits per heavy atom. The van der Waals surface area contributed by atoms with E-state index in [0.29, 0.717) is 30.0 Å². The fourth-order valence-corrected chi connectivity index (χ4v) is 4.63. The number of phenolic OH excluding ortho intramolecular Hbond substituents is 1. The van der Waals surface area contributed by atoms with Crippen LogP contribution in [0.1, 0.15) is 28.3 Å².